The number of imidazole rings is 1. The lowest BCUT2D eigenvalue weighted by molar-refractivity contribution is 1.07. The molecule has 0 radical (unpaired) electrons. The lowest BCUT2D eigenvalue weighted by Gasteiger charge is -2.01. The Bertz CT molecular complexity index is 711. The molecule has 2 aromatic carbocycles. The van der Waals surface area contributed by atoms with Gasteiger partial charge in [-0.05, 0) is 24.1 Å². The van der Waals surface area contributed by atoms with Crippen LogP contribution in [0.3, 0.4) is 0 Å². The third kappa shape index (κ3) is 2.49. The minimum atomic E-state index is 0.541. The van der Waals surface area contributed by atoms with Crippen LogP contribution in [0.1, 0.15) is 11.1 Å². The number of nitrogens with zero attached hydrogens (tertiary/aromatic N) is 1. The Morgan fingerprint density at radius 2 is 1.85 bits per heavy atom. The molecule has 20 heavy (non-hydrogen) atoms. The van der Waals surface area contributed by atoms with E-state index in [1.807, 2.05) is 24.4 Å². The number of aromatic nitrogens is 2. The van der Waals surface area contributed by atoms with E-state index < -0.39 is 0 Å². The van der Waals surface area contributed by atoms with E-state index >= 15 is 0 Å². The summed E-state index contributed by atoms with van der Waals surface area (Å²) in [6.45, 7) is 2.62. The van der Waals surface area contributed by atoms with Gasteiger partial charge in [0.15, 0.2) is 0 Å². The van der Waals surface area contributed by atoms with E-state index in [4.69, 9.17) is 5.73 Å². The Morgan fingerprint density at radius 1 is 1.05 bits per heavy atom. The van der Waals surface area contributed by atoms with E-state index in [-0.39, 0.29) is 0 Å². The third-order valence-electron chi connectivity index (χ3n) is 3.37. The smallest absolute Gasteiger partial charge is 0.137 e. The highest BCUT2D eigenvalue weighted by Gasteiger charge is 2.05. The van der Waals surface area contributed by atoms with Gasteiger partial charge in [-0.3, -0.25) is 0 Å². The first-order valence-corrected chi connectivity index (χ1v) is 6.68. The molecule has 0 amide bonds. The summed E-state index contributed by atoms with van der Waals surface area (Å²) in [5, 5.41) is 0. The van der Waals surface area contributed by atoms with Crippen LogP contribution in [0.4, 0.5) is 0 Å². The Kier molecular flexibility index (Phi) is 3.35. The average molecular weight is 263 g/mol. The number of hydrogen-bond donors (Lipinski definition) is 2. The fourth-order valence-corrected chi connectivity index (χ4v) is 2.19. The van der Waals surface area contributed by atoms with E-state index in [2.05, 4.69) is 47.2 Å². The van der Waals surface area contributed by atoms with Crippen LogP contribution in [-0.4, -0.2) is 9.97 Å². The molecule has 0 bridgehead atoms. The molecule has 0 unspecified atom stereocenters. The molecule has 0 aliphatic carbocycles. The molecule has 3 N–H and O–H groups in total. The minimum Gasteiger partial charge on any atom is -0.338 e. The first kappa shape index (κ1) is 12.6. The van der Waals surface area contributed by atoms with E-state index in [1.54, 1.807) is 0 Å². The van der Waals surface area contributed by atoms with Crippen LogP contribution < -0.4 is 5.73 Å². The molecule has 1 aromatic heterocycles. The van der Waals surface area contributed by atoms with E-state index in [0.717, 1.165) is 28.2 Å². The second-order valence-corrected chi connectivity index (χ2v) is 4.92. The molecule has 1 heterocycles. The topological polar surface area (TPSA) is 54.7 Å². The number of aryl methyl sites for hydroxylation is 1. The van der Waals surface area contributed by atoms with E-state index in [0.29, 0.717) is 6.54 Å². The van der Waals surface area contributed by atoms with Gasteiger partial charge in [0.1, 0.15) is 5.82 Å². The Balaban J connectivity index is 1.95. The highest BCUT2D eigenvalue weighted by atomic mass is 14.9. The second-order valence-electron chi connectivity index (χ2n) is 4.92. The van der Waals surface area contributed by atoms with Gasteiger partial charge in [-0.15, -0.1) is 0 Å². The summed E-state index contributed by atoms with van der Waals surface area (Å²) in [4.78, 5) is 7.83. The molecule has 3 nitrogen and oxygen atoms in total. The summed E-state index contributed by atoms with van der Waals surface area (Å²) in [7, 11) is 0. The second kappa shape index (κ2) is 5.31. The molecule has 0 saturated carbocycles. The summed E-state index contributed by atoms with van der Waals surface area (Å²) >= 11 is 0. The van der Waals surface area contributed by atoms with Crippen LogP contribution in [0.5, 0.6) is 0 Å². The number of nitrogens with one attached hydrogen (secondary N) is 1. The number of H-pyrrole nitrogens is 1. The standard InChI is InChI=1S/C17H17N3/c1-12-5-7-14(8-6-12)16-11-19-17(20-16)15-4-2-3-13(9-15)10-18/h2-9,11H,10,18H2,1H3,(H,19,20). The van der Waals surface area contributed by atoms with Crippen LogP contribution in [0, 0.1) is 6.92 Å². The largest absolute Gasteiger partial charge is 0.338 e. The molecule has 100 valence electrons. The van der Waals surface area contributed by atoms with Crippen molar-refractivity contribution >= 4 is 0 Å². The molecule has 0 aliphatic rings. The lowest BCUT2D eigenvalue weighted by Crippen LogP contribution is -1.96. The van der Waals surface area contributed by atoms with Crippen molar-refractivity contribution in [3.63, 3.8) is 0 Å². The molecular formula is C17H17N3. The lowest BCUT2D eigenvalue weighted by atomic mass is 10.1. The molecule has 0 fully saturated rings. The maximum Gasteiger partial charge on any atom is 0.137 e. The van der Waals surface area contributed by atoms with Crippen molar-refractivity contribution in [1.29, 1.82) is 0 Å². The first-order valence-electron chi connectivity index (χ1n) is 6.68. The fraction of sp³-hybridized carbons (Fsp3) is 0.118. The monoisotopic (exact) mass is 263 g/mol. The maximum absolute atomic E-state index is 5.68. The summed E-state index contributed by atoms with van der Waals surface area (Å²) in [6.07, 6.45) is 1.87. The number of nitrogens with two attached hydrogens (primary N) is 1. The zero-order valence-electron chi connectivity index (χ0n) is 11.4. The van der Waals surface area contributed by atoms with Crippen molar-refractivity contribution in [2.24, 2.45) is 5.73 Å². The molecule has 0 aliphatic heterocycles. The normalized spacial score (nSPS) is 10.7. The predicted octanol–water partition coefficient (Wildman–Crippen LogP) is 3.51. The molecule has 0 spiro atoms. The maximum atomic E-state index is 5.68. The number of hydrogen-bond acceptors (Lipinski definition) is 2. The van der Waals surface area contributed by atoms with Crippen molar-refractivity contribution in [1.82, 2.24) is 9.97 Å². The van der Waals surface area contributed by atoms with Gasteiger partial charge in [0.05, 0.1) is 11.9 Å². The third-order valence-corrected chi connectivity index (χ3v) is 3.37. The fourth-order valence-electron chi connectivity index (χ4n) is 2.19. The van der Waals surface area contributed by atoms with Crippen LogP contribution in [0.2, 0.25) is 0 Å². The minimum absolute atomic E-state index is 0.541. The van der Waals surface area contributed by atoms with Crippen LogP contribution in [-0.2, 0) is 6.54 Å². The predicted molar refractivity (Wildman–Crippen MR) is 82.1 cm³/mol. The highest BCUT2D eigenvalue weighted by Crippen LogP contribution is 2.23. The number of rotatable bonds is 3. The molecule has 0 saturated heterocycles. The summed E-state index contributed by atoms with van der Waals surface area (Å²) < 4.78 is 0. The van der Waals surface area contributed by atoms with Gasteiger partial charge in [-0.2, -0.15) is 0 Å². The Hall–Kier alpha value is -2.39. The van der Waals surface area contributed by atoms with Crippen molar-refractivity contribution in [2.45, 2.75) is 13.5 Å². The number of benzene rings is 2. The zero-order chi connectivity index (χ0) is 13.9. The molecule has 3 aromatic rings. The quantitative estimate of drug-likeness (QED) is 0.759. The van der Waals surface area contributed by atoms with Gasteiger partial charge in [0, 0.05) is 12.1 Å². The van der Waals surface area contributed by atoms with E-state index in [1.165, 1.54) is 5.56 Å². The summed E-state index contributed by atoms with van der Waals surface area (Å²) in [5.41, 5.74) is 11.3. The first-order chi connectivity index (χ1) is 9.76. The zero-order valence-corrected chi connectivity index (χ0v) is 11.4. The average Bonchev–Trinajstić information content (AvgIpc) is 2.98. The van der Waals surface area contributed by atoms with E-state index in [9.17, 15) is 0 Å². The van der Waals surface area contributed by atoms with Gasteiger partial charge in [-0.25, -0.2) is 4.98 Å². The van der Waals surface area contributed by atoms with Gasteiger partial charge >= 0.3 is 0 Å². The van der Waals surface area contributed by atoms with Crippen molar-refractivity contribution < 1.29 is 0 Å². The van der Waals surface area contributed by atoms with Crippen LogP contribution >= 0.6 is 0 Å². The van der Waals surface area contributed by atoms with Crippen molar-refractivity contribution in [3.05, 3.63) is 65.9 Å². The Morgan fingerprint density at radius 3 is 2.60 bits per heavy atom. The molecule has 0 atom stereocenters. The van der Waals surface area contributed by atoms with Crippen molar-refractivity contribution in [2.75, 3.05) is 0 Å². The highest BCUT2D eigenvalue weighted by molar-refractivity contribution is 5.64. The van der Waals surface area contributed by atoms with Gasteiger partial charge < -0.3 is 10.7 Å². The Labute approximate surface area is 118 Å². The molecule has 3 heteroatoms. The van der Waals surface area contributed by atoms with Gasteiger partial charge in [0.2, 0.25) is 0 Å². The van der Waals surface area contributed by atoms with Crippen molar-refractivity contribution in [3.8, 4) is 22.6 Å². The summed E-state index contributed by atoms with van der Waals surface area (Å²) in [6, 6.07) is 16.5. The van der Waals surface area contributed by atoms with Crippen LogP contribution in [0.15, 0.2) is 54.7 Å². The molecular weight excluding hydrogens is 246 g/mol. The molecule has 3 rings (SSSR count). The van der Waals surface area contributed by atoms with Crippen LogP contribution in [0.25, 0.3) is 22.6 Å². The summed E-state index contributed by atoms with van der Waals surface area (Å²) in [5.74, 6) is 0.871. The van der Waals surface area contributed by atoms with Gasteiger partial charge in [-0.1, -0.05) is 48.0 Å². The SMILES string of the molecule is Cc1ccc(-c2cnc(-c3cccc(CN)c3)[nH]2)cc1. The number of aromatic amines is 1. The van der Waals surface area contributed by atoms with Gasteiger partial charge in [0.25, 0.3) is 0 Å².